The molecule has 2 fully saturated rings. The Kier molecular flexibility index (Phi) is 9.20. The number of hydrogen-bond acceptors (Lipinski definition) is 9. The van der Waals surface area contributed by atoms with Crippen molar-refractivity contribution >= 4 is 40.5 Å². The van der Waals surface area contributed by atoms with E-state index in [0.29, 0.717) is 0 Å². The van der Waals surface area contributed by atoms with Crippen LogP contribution in [0.2, 0.25) is 10.0 Å². The minimum absolute atomic E-state index is 0.00833. The van der Waals surface area contributed by atoms with Gasteiger partial charge in [0.05, 0.1) is 30.5 Å². The Bertz CT molecular complexity index is 1660. The first kappa shape index (κ1) is 32.8. The monoisotopic (exact) mass is 675 g/mol. The molecule has 1 aromatic heterocycles. The summed E-state index contributed by atoms with van der Waals surface area (Å²) in [6.07, 6.45) is -8.12. The van der Waals surface area contributed by atoms with Crippen LogP contribution in [0.1, 0.15) is 35.8 Å². The zero-order chi connectivity index (χ0) is 32.8. The van der Waals surface area contributed by atoms with Crippen molar-refractivity contribution in [1.29, 1.82) is 5.41 Å². The number of carbonyl (C=O) groups excluding carboxylic acids is 1. The highest BCUT2D eigenvalue weighted by atomic mass is 35.5. The standard InChI is InChI=1S/C28H24Cl2F5N5O5/c1-3-43-27(42)21(36)14(12-6-16(31)20(30)17(32)7-12)9-37-22-23(41)25(45-19-10-44-24(19)22)26-38-11(2)39-40(26)18-8-13(29)4-5-15(18)28(33,34)35/h4-9,19,22-25,36-37,41H,3,10H2,1-2H3/b14-9-,36-21?. The number of hydrogen-bond donors (Lipinski definition) is 3. The number of halogens is 7. The third-order valence-corrected chi connectivity index (χ3v) is 7.72. The minimum Gasteiger partial charge on any atom is -0.461 e. The van der Waals surface area contributed by atoms with E-state index in [9.17, 15) is 31.9 Å². The Morgan fingerprint density at radius 1 is 1.24 bits per heavy atom. The number of alkyl halides is 3. The van der Waals surface area contributed by atoms with Crippen LogP contribution in [0.4, 0.5) is 22.0 Å². The number of fused-ring (bicyclic) bond motifs is 1. The van der Waals surface area contributed by atoms with Crippen LogP contribution in [-0.4, -0.2) is 69.1 Å². The molecule has 2 aromatic carbocycles. The van der Waals surface area contributed by atoms with Crippen LogP contribution in [0.15, 0.2) is 36.5 Å². The van der Waals surface area contributed by atoms with Crippen LogP contribution in [0.25, 0.3) is 11.3 Å². The maximum Gasteiger partial charge on any atom is 0.418 e. The molecule has 17 heteroatoms. The molecule has 10 nitrogen and oxygen atoms in total. The molecule has 5 rings (SSSR count). The van der Waals surface area contributed by atoms with Gasteiger partial charge in [-0.1, -0.05) is 23.2 Å². The molecular formula is C28H24Cl2F5N5O5. The maximum absolute atomic E-state index is 14.4. The summed E-state index contributed by atoms with van der Waals surface area (Å²) in [4.78, 5) is 16.7. The summed E-state index contributed by atoms with van der Waals surface area (Å²) in [6, 6.07) is 3.48. The first-order valence-corrected chi connectivity index (χ1v) is 14.1. The molecule has 0 aliphatic carbocycles. The number of esters is 1. The smallest absolute Gasteiger partial charge is 0.418 e. The third kappa shape index (κ3) is 6.40. The Morgan fingerprint density at radius 3 is 2.53 bits per heavy atom. The SMILES string of the molecule is CCOC(=O)C(=N)/C(=C\NC1C(O)C(c2nc(C)nn2-c2cc(Cl)ccc2C(F)(F)F)OC2COC21)c1cc(F)c(Cl)c(F)c1. The number of aliphatic hydroxyl groups excluding tert-OH is 1. The molecule has 5 atom stereocenters. The van der Waals surface area contributed by atoms with Crippen molar-refractivity contribution in [2.75, 3.05) is 13.2 Å². The summed E-state index contributed by atoms with van der Waals surface area (Å²) >= 11 is 11.6. The first-order chi connectivity index (χ1) is 21.2. The predicted molar refractivity (Wildman–Crippen MR) is 150 cm³/mol. The number of carbonyl (C=O) groups is 1. The Balaban J connectivity index is 1.54. The van der Waals surface area contributed by atoms with Crippen LogP contribution in [0, 0.1) is 24.0 Å². The molecule has 3 N–H and O–H groups in total. The van der Waals surface area contributed by atoms with Gasteiger partial charge in [0.25, 0.3) is 0 Å². The van der Waals surface area contributed by atoms with Crippen molar-refractivity contribution in [2.24, 2.45) is 0 Å². The second-order valence-corrected chi connectivity index (χ2v) is 10.9. The third-order valence-electron chi connectivity index (χ3n) is 7.12. The lowest BCUT2D eigenvalue weighted by Crippen LogP contribution is -2.66. The second kappa shape index (κ2) is 12.6. The number of rotatable bonds is 8. The van der Waals surface area contributed by atoms with Crippen molar-refractivity contribution in [1.82, 2.24) is 20.1 Å². The molecular weight excluding hydrogens is 652 g/mol. The molecule has 0 amide bonds. The largest absolute Gasteiger partial charge is 0.461 e. The quantitative estimate of drug-likeness (QED) is 0.132. The molecule has 0 spiro atoms. The highest BCUT2D eigenvalue weighted by Crippen LogP contribution is 2.40. The molecule has 5 unspecified atom stereocenters. The fraction of sp³-hybridized carbons (Fsp3) is 0.357. The van der Waals surface area contributed by atoms with Gasteiger partial charge < -0.3 is 24.6 Å². The van der Waals surface area contributed by atoms with Crippen molar-refractivity contribution in [3.8, 4) is 5.69 Å². The molecule has 240 valence electrons. The van der Waals surface area contributed by atoms with Gasteiger partial charge in [-0.3, -0.25) is 5.41 Å². The minimum atomic E-state index is -4.79. The van der Waals surface area contributed by atoms with Crippen molar-refractivity contribution in [3.05, 3.63) is 81.0 Å². The van der Waals surface area contributed by atoms with Crippen molar-refractivity contribution < 1.29 is 46.1 Å². The van der Waals surface area contributed by atoms with Gasteiger partial charge in [0.1, 0.15) is 52.6 Å². The van der Waals surface area contributed by atoms with E-state index >= 15 is 0 Å². The summed E-state index contributed by atoms with van der Waals surface area (Å²) < 4.78 is 87.9. The zero-order valence-electron chi connectivity index (χ0n) is 23.3. The highest BCUT2D eigenvalue weighted by Gasteiger charge is 2.52. The molecule has 2 aliphatic heterocycles. The van der Waals surface area contributed by atoms with E-state index in [1.807, 2.05) is 0 Å². The molecule has 45 heavy (non-hydrogen) atoms. The van der Waals surface area contributed by atoms with Crippen molar-refractivity contribution in [3.63, 3.8) is 0 Å². The summed E-state index contributed by atoms with van der Waals surface area (Å²) in [5.74, 6) is -3.51. The van der Waals surface area contributed by atoms with Gasteiger partial charge in [-0.2, -0.15) is 18.3 Å². The number of ether oxygens (including phenoxy) is 3. The van der Waals surface area contributed by atoms with E-state index in [2.05, 4.69) is 15.4 Å². The summed E-state index contributed by atoms with van der Waals surface area (Å²) in [6.45, 7) is 2.92. The Labute approximate surface area is 262 Å². The van der Waals surface area contributed by atoms with Gasteiger partial charge in [0.2, 0.25) is 0 Å². The van der Waals surface area contributed by atoms with Gasteiger partial charge in [-0.25, -0.2) is 23.2 Å². The molecule has 0 bridgehead atoms. The van der Waals surface area contributed by atoms with Crippen LogP contribution in [0.5, 0.6) is 0 Å². The zero-order valence-corrected chi connectivity index (χ0v) is 24.8. The molecule has 2 saturated heterocycles. The number of aliphatic hydroxyl groups is 1. The lowest BCUT2D eigenvalue weighted by atomic mass is 9.89. The van der Waals surface area contributed by atoms with E-state index < -0.39 is 76.2 Å². The van der Waals surface area contributed by atoms with Gasteiger partial charge in [-0.15, -0.1) is 0 Å². The van der Waals surface area contributed by atoms with Crippen LogP contribution >= 0.6 is 23.2 Å². The number of benzene rings is 2. The Hall–Kier alpha value is -3.63. The van der Waals surface area contributed by atoms with E-state index in [-0.39, 0.29) is 41.0 Å². The maximum atomic E-state index is 14.4. The fourth-order valence-corrected chi connectivity index (χ4v) is 5.29. The average Bonchev–Trinajstić information content (AvgIpc) is 3.34. The van der Waals surface area contributed by atoms with Crippen molar-refractivity contribution in [2.45, 2.75) is 50.5 Å². The second-order valence-electron chi connectivity index (χ2n) is 10.1. The first-order valence-electron chi connectivity index (χ1n) is 13.3. The van der Waals surface area contributed by atoms with E-state index in [4.69, 9.17) is 42.8 Å². The number of aromatic nitrogens is 3. The van der Waals surface area contributed by atoms with E-state index in [1.165, 1.54) is 13.8 Å². The molecule has 3 aromatic rings. The van der Waals surface area contributed by atoms with E-state index in [1.54, 1.807) is 0 Å². The summed E-state index contributed by atoms with van der Waals surface area (Å²) in [7, 11) is 0. The van der Waals surface area contributed by atoms with Crippen LogP contribution in [-0.2, 0) is 25.2 Å². The van der Waals surface area contributed by atoms with Gasteiger partial charge >= 0.3 is 12.1 Å². The highest BCUT2D eigenvalue weighted by molar-refractivity contribution is 6.53. The molecule has 0 radical (unpaired) electrons. The van der Waals surface area contributed by atoms with Crippen LogP contribution < -0.4 is 5.32 Å². The molecule has 2 aliphatic rings. The van der Waals surface area contributed by atoms with Gasteiger partial charge in [0.15, 0.2) is 5.82 Å². The lowest BCUT2D eigenvalue weighted by Gasteiger charge is -2.50. The fourth-order valence-electron chi connectivity index (χ4n) is 5.01. The topological polar surface area (TPSA) is 132 Å². The molecule has 0 saturated carbocycles. The lowest BCUT2D eigenvalue weighted by molar-refractivity contribution is -0.277. The Morgan fingerprint density at radius 2 is 1.93 bits per heavy atom. The number of nitrogens with zero attached hydrogens (tertiary/aromatic N) is 3. The van der Waals surface area contributed by atoms with Gasteiger partial charge in [-0.05, 0) is 49.7 Å². The summed E-state index contributed by atoms with van der Waals surface area (Å²) in [5, 5.41) is 26.0. The normalized spacial score (nSPS) is 23.2. The van der Waals surface area contributed by atoms with Crippen LogP contribution in [0.3, 0.4) is 0 Å². The number of aryl methyl sites for hydroxylation is 1. The average molecular weight is 676 g/mol. The predicted octanol–water partition coefficient (Wildman–Crippen LogP) is 4.96. The summed E-state index contributed by atoms with van der Waals surface area (Å²) in [5.41, 5.74) is -2.85. The van der Waals surface area contributed by atoms with Gasteiger partial charge in [0, 0.05) is 16.8 Å². The number of nitrogens with one attached hydrogen (secondary N) is 2. The van der Waals surface area contributed by atoms with E-state index in [0.717, 1.165) is 41.2 Å². The molecule has 3 heterocycles.